The van der Waals surface area contributed by atoms with Gasteiger partial charge in [0.2, 0.25) is 0 Å². The molecule has 0 unspecified atom stereocenters. The van der Waals surface area contributed by atoms with Gasteiger partial charge >= 0.3 is 11.7 Å². The molecule has 0 aliphatic rings. The number of rotatable bonds is 6. The summed E-state index contributed by atoms with van der Waals surface area (Å²) in [6, 6.07) is 4.07. The number of carbonyl (C=O) groups excluding carboxylic acids is 1. The lowest BCUT2D eigenvalue weighted by Gasteiger charge is -2.07. The predicted molar refractivity (Wildman–Crippen MR) is 61.8 cm³/mol. The standard InChI is InChI=1S/C11H13NO6/c1-3-17-11(13)7-18-8-4-5-10(16-2)9(6-8)12(14)15/h4-6H,3,7H2,1-2H3. The van der Waals surface area contributed by atoms with Crippen molar-refractivity contribution in [3.63, 3.8) is 0 Å². The zero-order chi connectivity index (χ0) is 13.5. The summed E-state index contributed by atoms with van der Waals surface area (Å²) in [5, 5.41) is 10.8. The van der Waals surface area contributed by atoms with Crippen LogP contribution in [0.15, 0.2) is 18.2 Å². The Bertz CT molecular complexity index is 445. The van der Waals surface area contributed by atoms with Crippen LogP contribution in [0.1, 0.15) is 6.92 Å². The zero-order valence-electron chi connectivity index (χ0n) is 10.0. The van der Waals surface area contributed by atoms with Gasteiger partial charge in [-0.05, 0) is 19.1 Å². The van der Waals surface area contributed by atoms with Crippen LogP contribution in [-0.2, 0) is 9.53 Å². The van der Waals surface area contributed by atoms with Crippen molar-refractivity contribution < 1.29 is 23.9 Å². The number of carbonyl (C=O) groups is 1. The molecule has 7 nitrogen and oxygen atoms in total. The van der Waals surface area contributed by atoms with Gasteiger partial charge in [0.05, 0.1) is 24.7 Å². The highest BCUT2D eigenvalue weighted by Gasteiger charge is 2.16. The van der Waals surface area contributed by atoms with E-state index in [0.29, 0.717) is 0 Å². The Balaban J connectivity index is 2.76. The lowest BCUT2D eigenvalue weighted by atomic mass is 10.3. The molecule has 0 amide bonds. The normalized spacial score (nSPS) is 9.67. The lowest BCUT2D eigenvalue weighted by Crippen LogP contribution is -2.14. The second kappa shape index (κ2) is 6.43. The molecule has 0 aliphatic carbocycles. The van der Waals surface area contributed by atoms with Crippen LogP contribution in [-0.4, -0.2) is 31.2 Å². The summed E-state index contributed by atoms with van der Waals surface area (Å²) in [6.07, 6.45) is 0. The highest BCUT2D eigenvalue weighted by molar-refractivity contribution is 5.71. The molecule has 18 heavy (non-hydrogen) atoms. The largest absolute Gasteiger partial charge is 0.490 e. The number of esters is 1. The molecule has 0 atom stereocenters. The van der Waals surface area contributed by atoms with Gasteiger partial charge in [0.25, 0.3) is 0 Å². The molecule has 1 rings (SSSR count). The average Bonchev–Trinajstić information content (AvgIpc) is 2.36. The molecule has 0 fully saturated rings. The third-order valence-corrected chi connectivity index (χ3v) is 2.01. The third-order valence-electron chi connectivity index (χ3n) is 2.01. The maximum absolute atomic E-state index is 11.1. The summed E-state index contributed by atoms with van der Waals surface area (Å²) >= 11 is 0. The van der Waals surface area contributed by atoms with E-state index in [0.717, 1.165) is 0 Å². The number of nitrogens with zero attached hydrogens (tertiary/aromatic N) is 1. The van der Waals surface area contributed by atoms with Crippen molar-refractivity contribution in [2.45, 2.75) is 6.92 Å². The maximum Gasteiger partial charge on any atom is 0.344 e. The van der Waals surface area contributed by atoms with Crippen molar-refractivity contribution in [1.29, 1.82) is 0 Å². The molecule has 0 heterocycles. The maximum atomic E-state index is 11.1. The molecule has 0 spiro atoms. The molecule has 0 saturated heterocycles. The number of nitro benzene ring substituents is 1. The minimum absolute atomic E-state index is 0.128. The Hall–Kier alpha value is -2.31. The number of benzene rings is 1. The highest BCUT2D eigenvalue weighted by Crippen LogP contribution is 2.30. The fraction of sp³-hybridized carbons (Fsp3) is 0.364. The molecule has 98 valence electrons. The summed E-state index contributed by atoms with van der Waals surface area (Å²) < 4.78 is 14.6. The second-order valence-electron chi connectivity index (χ2n) is 3.18. The van der Waals surface area contributed by atoms with E-state index >= 15 is 0 Å². The van der Waals surface area contributed by atoms with E-state index in [1.807, 2.05) is 0 Å². The number of methoxy groups -OCH3 is 1. The van der Waals surface area contributed by atoms with Crippen LogP contribution in [0.3, 0.4) is 0 Å². The zero-order valence-corrected chi connectivity index (χ0v) is 10.0. The first-order valence-corrected chi connectivity index (χ1v) is 5.19. The number of nitro groups is 1. The summed E-state index contributed by atoms with van der Waals surface area (Å²) in [4.78, 5) is 21.2. The smallest absolute Gasteiger partial charge is 0.344 e. The van der Waals surface area contributed by atoms with Crippen molar-refractivity contribution in [3.05, 3.63) is 28.3 Å². The Morgan fingerprint density at radius 3 is 2.72 bits per heavy atom. The Kier molecular flexibility index (Phi) is 4.91. The van der Waals surface area contributed by atoms with Crippen molar-refractivity contribution in [3.8, 4) is 11.5 Å². The van der Waals surface area contributed by atoms with Gasteiger partial charge in [-0.3, -0.25) is 10.1 Å². The van der Waals surface area contributed by atoms with Crippen molar-refractivity contribution in [2.75, 3.05) is 20.3 Å². The first kappa shape index (κ1) is 13.8. The fourth-order valence-corrected chi connectivity index (χ4v) is 1.25. The van der Waals surface area contributed by atoms with Crippen LogP contribution in [0.4, 0.5) is 5.69 Å². The molecule has 0 aliphatic heterocycles. The van der Waals surface area contributed by atoms with Gasteiger partial charge in [0, 0.05) is 0 Å². The van der Waals surface area contributed by atoms with Crippen LogP contribution in [0, 0.1) is 10.1 Å². The average molecular weight is 255 g/mol. The van der Waals surface area contributed by atoms with Gasteiger partial charge in [-0.15, -0.1) is 0 Å². The van der Waals surface area contributed by atoms with Gasteiger partial charge in [-0.2, -0.15) is 0 Å². The lowest BCUT2D eigenvalue weighted by molar-refractivity contribution is -0.385. The van der Waals surface area contributed by atoms with Crippen LogP contribution < -0.4 is 9.47 Å². The van der Waals surface area contributed by atoms with Gasteiger partial charge in [-0.1, -0.05) is 0 Å². The van der Waals surface area contributed by atoms with Crippen LogP contribution >= 0.6 is 0 Å². The molecule has 0 bridgehead atoms. The summed E-state index contributed by atoms with van der Waals surface area (Å²) in [6.45, 7) is 1.64. The predicted octanol–water partition coefficient (Wildman–Crippen LogP) is 1.55. The molecule has 0 radical (unpaired) electrons. The fourth-order valence-electron chi connectivity index (χ4n) is 1.25. The monoisotopic (exact) mass is 255 g/mol. The first-order chi connectivity index (χ1) is 8.58. The Morgan fingerprint density at radius 2 is 2.17 bits per heavy atom. The van der Waals surface area contributed by atoms with Gasteiger partial charge < -0.3 is 14.2 Å². The Labute approximate surface area is 103 Å². The number of hydrogen-bond acceptors (Lipinski definition) is 6. The molecule has 0 saturated carbocycles. The van der Waals surface area contributed by atoms with Gasteiger partial charge in [0.15, 0.2) is 12.4 Å². The molecule has 0 N–H and O–H groups in total. The quantitative estimate of drug-likeness (QED) is 0.435. The van der Waals surface area contributed by atoms with Crippen LogP contribution in [0.5, 0.6) is 11.5 Å². The topological polar surface area (TPSA) is 87.9 Å². The van der Waals surface area contributed by atoms with E-state index < -0.39 is 10.9 Å². The van der Waals surface area contributed by atoms with Crippen LogP contribution in [0.25, 0.3) is 0 Å². The molecule has 7 heteroatoms. The summed E-state index contributed by atoms with van der Waals surface area (Å²) in [5.41, 5.74) is -0.223. The summed E-state index contributed by atoms with van der Waals surface area (Å²) in [5.74, 6) is -0.199. The van der Waals surface area contributed by atoms with E-state index in [2.05, 4.69) is 4.74 Å². The highest BCUT2D eigenvalue weighted by atomic mass is 16.6. The van der Waals surface area contributed by atoms with Crippen molar-refractivity contribution in [2.24, 2.45) is 0 Å². The van der Waals surface area contributed by atoms with Gasteiger partial charge in [-0.25, -0.2) is 4.79 Å². The first-order valence-electron chi connectivity index (χ1n) is 5.19. The molecule has 1 aromatic rings. The van der Waals surface area contributed by atoms with E-state index in [-0.39, 0.29) is 30.4 Å². The van der Waals surface area contributed by atoms with Crippen molar-refractivity contribution >= 4 is 11.7 Å². The van der Waals surface area contributed by atoms with Crippen molar-refractivity contribution in [1.82, 2.24) is 0 Å². The van der Waals surface area contributed by atoms with Crippen LogP contribution in [0.2, 0.25) is 0 Å². The van der Waals surface area contributed by atoms with E-state index in [1.165, 1.54) is 25.3 Å². The van der Waals surface area contributed by atoms with Gasteiger partial charge in [0.1, 0.15) is 5.75 Å². The molecular weight excluding hydrogens is 242 g/mol. The molecule has 1 aromatic carbocycles. The van der Waals surface area contributed by atoms with E-state index in [9.17, 15) is 14.9 Å². The SMILES string of the molecule is CCOC(=O)COc1ccc(OC)c([N+](=O)[O-])c1. The van der Waals surface area contributed by atoms with E-state index in [4.69, 9.17) is 9.47 Å². The summed E-state index contributed by atoms with van der Waals surface area (Å²) in [7, 11) is 1.33. The minimum atomic E-state index is -0.587. The minimum Gasteiger partial charge on any atom is -0.490 e. The molecule has 0 aromatic heterocycles. The number of hydrogen-bond donors (Lipinski definition) is 0. The third kappa shape index (κ3) is 3.62. The second-order valence-corrected chi connectivity index (χ2v) is 3.18. The number of ether oxygens (including phenoxy) is 3. The van der Waals surface area contributed by atoms with E-state index in [1.54, 1.807) is 6.92 Å². The Morgan fingerprint density at radius 1 is 1.44 bits per heavy atom. The molecular formula is C11H13NO6.